The maximum Gasteiger partial charge on any atom is 0.380 e. The minimum absolute atomic E-state index is 0.176. The van der Waals surface area contributed by atoms with Crippen LogP contribution in [0.15, 0.2) is 43.6 Å². The quantitative estimate of drug-likeness (QED) is 0.361. The van der Waals surface area contributed by atoms with E-state index in [1.54, 1.807) is 13.8 Å². The lowest BCUT2D eigenvalue weighted by molar-refractivity contribution is -0.258. The smallest absolute Gasteiger partial charge is 0.194 e. The molecule has 0 bridgehead atoms. The maximum absolute atomic E-state index is 14.5. The molecule has 25 heavy (non-hydrogen) atoms. The van der Waals surface area contributed by atoms with Crippen LogP contribution in [-0.4, -0.2) is 22.5 Å². The summed E-state index contributed by atoms with van der Waals surface area (Å²) < 4.78 is 85.6. The van der Waals surface area contributed by atoms with Crippen LogP contribution in [0, 0.1) is 5.41 Å². The summed E-state index contributed by atoms with van der Waals surface area (Å²) in [6.07, 6.45) is 2.66. The van der Waals surface area contributed by atoms with Gasteiger partial charge in [-0.1, -0.05) is 6.92 Å². The highest BCUT2D eigenvalue weighted by atomic mass is 32.2. The minimum Gasteiger partial charge on any atom is -0.194 e. The van der Waals surface area contributed by atoms with Gasteiger partial charge in [0.25, 0.3) is 0 Å². The van der Waals surface area contributed by atoms with E-state index in [1.807, 2.05) is 0 Å². The summed E-state index contributed by atoms with van der Waals surface area (Å²) in [4.78, 5) is 0.398. The molecule has 0 saturated heterocycles. The number of fused-ring (bicyclic) bond motifs is 4. The third-order valence-corrected chi connectivity index (χ3v) is 7.88. The van der Waals surface area contributed by atoms with E-state index in [0.29, 0.717) is 9.14 Å². The molecule has 1 fully saturated rings. The normalized spacial score (nSPS) is 39.9. The molecule has 2 unspecified atom stereocenters. The first-order chi connectivity index (χ1) is 11.2. The van der Waals surface area contributed by atoms with E-state index in [2.05, 4.69) is 25.3 Å². The van der Waals surface area contributed by atoms with Crippen molar-refractivity contribution in [3.8, 4) is 0 Å². The van der Waals surface area contributed by atoms with Crippen LogP contribution in [0.5, 0.6) is 0 Å². The fraction of sp³-hybridized carbons (Fsp3) is 0.500. The minimum atomic E-state index is -5.50. The highest BCUT2D eigenvalue weighted by Gasteiger charge is 2.84. The molecule has 1 aliphatic heterocycles. The van der Waals surface area contributed by atoms with Crippen molar-refractivity contribution >= 4 is 37.0 Å². The molecule has 0 amide bonds. The fourth-order valence-corrected chi connectivity index (χ4v) is 6.71. The Balaban J connectivity index is 2.20. The number of allylic oxidation sites excluding steroid dienone is 6. The SMILES string of the molecule is CC12CC(S)=CC1=C1C(=C3C=C(S)SC32C)C(F)(F)C(F)(F)C1(F)F. The molecule has 9 heteroatoms. The van der Waals surface area contributed by atoms with E-state index in [1.165, 1.54) is 12.2 Å². The van der Waals surface area contributed by atoms with Gasteiger partial charge in [-0.3, -0.25) is 0 Å². The summed E-state index contributed by atoms with van der Waals surface area (Å²) >= 11 is 9.51. The van der Waals surface area contributed by atoms with Gasteiger partial charge >= 0.3 is 17.8 Å². The molecule has 0 N–H and O–H groups in total. The van der Waals surface area contributed by atoms with Crippen LogP contribution in [0.1, 0.15) is 20.3 Å². The van der Waals surface area contributed by atoms with E-state index in [9.17, 15) is 26.3 Å². The Morgan fingerprint density at radius 3 is 1.96 bits per heavy atom. The molecule has 4 aliphatic rings. The molecule has 0 aromatic carbocycles. The highest BCUT2D eigenvalue weighted by molar-refractivity contribution is 8.16. The zero-order valence-corrected chi connectivity index (χ0v) is 15.5. The number of hydrogen-bond donors (Lipinski definition) is 2. The Morgan fingerprint density at radius 2 is 1.40 bits per heavy atom. The molecule has 3 aliphatic carbocycles. The first kappa shape index (κ1) is 18.0. The second-order valence-electron chi connectivity index (χ2n) is 7.06. The first-order valence-electron chi connectivity index (χ1n) is 7.35. The first-order valence-corrected chi connectivity index (χ1v) is 9.06. The van der Waals surface area contributed by atoms with Gasteiger partial charge in [0.2, 0.25) is 0 Å². The van der Waals surface area contributed by atoms with Crippen molar-refractivity contribution in [1.29, 1.82) is 0 Å². The summed E-state index contributed by atoms with van der Waals surface area (Å²) in [5, 5.41) is 0. The molecule has 2 atom stereocenters. The van der Waals surface area contributed by atoms with Crippen molar-refractivity contribution in [2.45, 2.75) is 42.8 Å². The lowest BCUT2D eigenvalue weighted by Gasteiger charge is -2.47. The van der Waals surface area contributed by atoms with Crippen molar-refractivity contribution < 1.29 is 26.3 Å². The number of thiol groups is 2. The van der Waals surface area contributed by atoms with Crippen molar-refractivity contribution in [3.05, 3.63) is 43.6 Å². The van der Waals surface area contributed by atoms with Crippen LogP contribution in [0.25, 0.3) is 0 Å². The molecule has 0 aromatic heterocycles. The molecule has 136 valence electrons. The van der Waals surface area contributed by atoms with Crippen molar-refractivity contribution in [3.63, 3.8) is 0 Å². The average molecular weight is 414 g/mol. The lowest BCUT2D eigenvalue weighted by atomic mass is 9.62. The largest absolute Gasteiger partial charge is 0.380 e. The van der Waals surface area contributed by atoms with Crippen molar-refractivity contribution in [2.24, 2.45) is 5.41 Å². The fourth-order valence-electron chi connectivity index (χ4n) is 4.32. The van der Waals surface area contributed by atoms with Crippen LogP contribution in [0.3, 0.4) is 0 Å². The number of thioether (sulfide) groups is 1. The lowest BCUT2D eigenvalue weighted by Crippen LogP contribution is -2.47. The molecule has 4 rings (SSSR count). The topological polar surface area (TPSA) is 0 Å². The summed E-state index contributed by atoms with van der Waals surface area (Å²) in [6, 6.07) is 0. The van der Waals surface area contributed by atoms with Gasteiger partial charge in [-0.05, 0) is 41.5 Å². The monoisotopic (exact) mass is 414 g/mol. The van der Waals surface area contributed by atoms with Gasteiger partial charge < -0.3 is 0 Å². The Hall–Kier alpha value is -0.410. The van der Waals surface area contributed by atoms with Crippen LogP contribution in [0.2, 0.25) is 0 Å². The molecule has 0 radical (unpaired) electrons. The Labute approximate surface area is 155 Å². The Morgan fingerprint density at radius 1 is 0.880 bits per heavy atom. The van der Waals surface area contributed by atoms with Crippen LogP contribution in [0.4, 0.5) is 26.3 Å². The summed E-state index contributed by atoms with van der Waals surface area (Å²) in [5.41, 5.74) is -3.94. The maximum atomic E-state index is 14.5. The average Bonchev–Trinajstić information content (AvgIpc) is 2.95. The van der Waals surface area contributed by atoms with Crippen molar-refractivity contribution in [2.75, 3.05) is 0 Å². The zero-order chi connectivity index (χ0) is 18.8. The predicted molar refractivity (Wildman–Crippen MR) is 91.8 cm³/mol. The Bertz CT molecular complexity index is 782. The molecule has 1 saturated carbocycles. The third-order valence-electron chi connectivity index (χ3n) is 5.79. The summed E-state index contributed by atoms with van der Waals surface area (Å²) in [5.74, 6) is -15.4. The number of halogens is 6. The standard InChI is InChI=1S/C16H12F6S3/c1-12-5-6(23)3-7(12)10-11(8-4-9(24)25-13(8,12)2)15(19,20)16(21,22)14(10,17)18/h3-4,23-24H,5H2,1-2H3. The molecular weight excluding hydrogens is 402 g/mol. The van der Waals surface area contributed by atoms with Gasteiger partial charge in [-0.2, -0.15) is 26.3 Å². The van der Waals surface area contributed by atoms with Gasteiger partial charge in [-0.15, -0.1) is 37.0 Å². The Kier molecular flexibility index (Phi) is 3.25. The van der Waals surface area contributed by atoms with E-state index >= 15 is 0 Å². The van der Waals surface area contributed by atoms with Gasteiger partial charge in [0, 0.05) is 20.8 Å². The van der Waals surface area contributed by atoms with E-state index < -0.39 is 39.1 Å². The van der Waals surface area contributed by atoms with E-state index in [0.717, 1.165) is 11.8 Å². The van der Waals surface area contributed by atoms with E-state index in [4.69, 9.17) is 0 Å². The van der Waals surface area contributed by atoms with Crippen LogP contribution in [-0.2, 0) is 0 Å². The molecule has 1 heterocycles. The number of hydrogen-bond acceptors (Lipinski definition) is 3. The summed E-state index contributed by atoms with van der Waals surface area (Å²) in [6.45, 7) is 3.24. The van der Waals surface area contributed by atoms with Crippen LogP contribution >= 0.6 is 37.0 Å². The van der Waals surface area contributed by atoms with E-state index in [-0.39, 0.29) is 17.6 Å². The van der Waals surface area contributed by atoms with Gasteiger partial charge in [-0.25, -0.2) is 0 Å². The molecular formula is C16H12F6S3. The van der Waals surface area contributed by atoms with Crippen molar-refractivity contribution in [1.82, 2.24) is 0 Å². The molecule has 0 aromatic rings. The zero-order valence-electron chi connectivity index (χ0n) is 12.9. The predicted octanol–water partition coefficient (Wildman–Crippen LogP) is 6.01. The second-order valence-corrected chi connectivity index (χ2v) is 9.88. The van der Waals surface area contributed by atoms with Gasteiger partial charge in [0.15, 0.2) is 0 Å². The van der Waals surface area contributed by atoms with Gasteiger partial charge in [0.1, 0.15) is 0 Å². The number of rotatable bonds is 0. The molecule has 0 nitrogen and oxygen atoms in total. The highest BCUT2D eigenvalue weighted by Crippen LogP contribution is 2.74. The molecule has 0 spiro atoms. The van der Waals surface area contributed by atoms with Gasteiger partial charge in [0.05, 0.1) is 4.75 Å². The second kappa shape index (κ2) is 4.52. The number of alkyl halides is 6. The van der Waals surface area contributed by atoms with Crippen LogP contribution < -0.4 is 0 Å². The summed E-state index contributed by atoms with van der Waals surface area (Å²) in [7, 11) is 0. The third kappa shape index (κ3) is 1.69.